The van der Waals surface area contributed by atoms with E-state index in [-0.39, 0.29) is 5.82 Å². The van der Waals surface area contributed by atoms with E-state index in [9.17, 15) is 4.39 Å². The predicted molar refractivity (Wildman–Crippen MR) is 64.5 cm³/mol. The Kier molecular flexibility index (Phi) is 4.31. The SMILES string of the molecule is CCC1NCCCC1COc1ccc(F)cn1. The molecule has 17 heavy (non-hydrogen) atoms. The van der Waals surface area contributed by atoms with E-state index in [1.807, 2.05) is 0 Å². The number of nitrogens with zero attached hydrogens (tertiary/aromatic N) is 1. The summed E-state index contributed by atoms with van der Waals surface area (Å²) in [5.41, 5.74) is 0. The van der Waals surface area contributed by atoms with E-state index in [0.717, 1.165) is 13.0 Å². The summed E-state index contributed by atoms with van der Waals surface area (Å²) in [6.45, 7) is 3.94. The second kappa shape index (κ2) is 5.96. The maximum atomic E-state index is 12.7. The Labute approximate surface area is 101 Å². The minimum Gasteiger partial charge on any atom is -0.477 e. The smallest absolute Gasteiger partial charge is 0.213 e. The van der Waals surface area contributed by atoms with Crippen molar-refractivity contribution in [2.24, 2.45) is 5.92 Å². The van der Waals surface area contributed by atoms with Gasteiger partial charge >= 0.3 is 0 Å². The Morgan fingerprint density at radius 2 is 2.41 bits per heavy atom. The van der Waals surface area contributed by atoms with Crippen molar-refractivity contribution in [3.05, 3.63) is 24.1 Å². The molecule has 0 radical (unpaired) electrons. The van der Waals surface area contributed by atoms with Gasteiger partial charge in [-0.25, -0.2) is 9.37 Å². The third kappa shape index (κ3) is 3.40. The molecular weight excluding hydrogens is 219 g/mol. The number of piperidine rings is 1. The average Bonchev–Trinajstić information content (AvgIpc) is 2.38. The Balaban J connectivity index is 1.86. The van der Waals surface area contributed by atoms with Gasteiger partial charge in [0.2, 0.25) is 5.88 Å². The van der Waals surface area contributed by atoms with E-state index < -0.39 is 0 Å². The van der Waals surface area contributed by atoms with E-state index in [4.69, 9.17) is 4.74 Å². The molecule has 1 N–H and O–H groups in total. The molecule has 2 rings (SSSR count). The zero-order valence-corrected chi connectivity index (χ0v) is 10.2. The Morgan fingerprint density at radius 1 is 1.53 bits per heavy atom. The van der Waals surface area contributed by atoms with Gasteiger partial charge in [-0.05, 0) is 31.9 Å². The zero-order chi connectivity index (χ0) is 12.1. The van der Waals surface area contributed by atoms with E-state index in [0.29, 0.717) is 24.4 Å². The fourth-order valence-electron chi connectivity index (χ4n) is 2.34. The van der Waals surface area contributed by atoms with Crippen LogP contribution < -0.4 is 10.1 Å². The van der Waals surface area contributed by atoms with Gasteiger partial charge in [-0.3, -0.25) is 0 Å². The number of pyridine rings is 1. The van der Waals surface area contributed by atoms with Crippen molar-refractivity contribution in [3.8, 4) is 5.88 Å². The van der Waals surface area contributed by atoms with Crippen LogP contribution in [0.5, 0.6) is 5.88 Å². The summed E-state index contributed by atoms with van der Waals surface area (Å²) in [5.74, 6) is 0.704. The lowest BCUT2D eigenvalue weighted by Gasteiger charge is -2.31. The topological polar surface area (TPSA) is 34.1 Å². The molecule has 0 aliphatic carbocycles. The van der Waals surface area contributed by atoms with Crippen molar-refractivity contribution in [2.75, 3.05) is 13.2 Å². The highest BCUT2D eigenvalue weighted by Crippen LogP contribution is 2.20. The van der Waals surface area contributed by atoms with Crippen LogP contribution in [0.1, 0.15) is 26.2 Å². The minimum absolute atomic E-state index is 0.330. The van der Waals surface area contributed by atoms with E-state index in [1.165, 1.54) is 25.1 Å². The molecule has 0 bridgehead atoms. The quantitative estimate of drug-likeness (QED) is 0.874. The average molecular weight is 238 g/mol. The molecule has 1 fully saturated rings. The van der Waals surface area contributed by atoms with E-state index in [1.54, 1.807) is 6.07 Å². The second-order valence-corrected chi connectivity index (χ2v) is 4.50. The zero-order valence-electron chi connectivity index (χ0n) is 10.2. The van der Waals surface area contributed by atoms with Crippen LogP contribution in [-0.2, 0) is 0 Å². The van der Waals surface area contributed by atoms with Gasteiger partial charge in [-0.1, -0.05) is 6.92 Å². The molecule has 1 aliphatic heterocycles. The fourth-order valence-corrected chi connectivity index (χ4v) is 2.34. The first-order valence-corrected chi connectivity index (χ1v) is 6.27. The van der Waals surface area contributed by atoms with Crippen LogP contribution >= 0.6 is 0 Å². The lowest BCUT2D eigenvalue weighted by molar-refractivity contribution is 0.168. The molecule has 2 atom stereocenters. The molecule has 0 spiro atoms. The molecule has 2 heterocycles. The lowest BCUT2D eigenvalue weighted by atomic mass is 9.90. The van der Waals surface area contributed by atoms with Gasteiger partial charge in [-0.2, -0.15) is 0 Å². The molecule has 0 aromatic carbocycles. The summed E-state index contributed by atoms with van der Waals surface area (Å²) in [5, 5.41) is 3.50. The van der Waals surface area contributed by atoms with Gasteiger partial charge in [0.1, 0.15) is 5.82 Å². The number of hydrogen-bond acceptors (Lipinski definition) is 3. The Bertz CT molecular complexity index is 342. The van der Waals surface area contributed by atoms with Crippen molar-refractivity contribution >= 4 is 0 Å². The maximum absolute atomic E-state index is 12.7. The van der Waals surface area contributed by atoms with Crippen LogP contribution in [-0.4, -0.2) is 24.2 Å². The van der Waals surface area contributed by atoms with Crippen molar-refractivity contribution in [1.29, 1.82) is 0 Å². The first-order chi connectivity index (χ1) is 8.29. The van der Waals surface area contributed by atoms with Crippen LogP contribution in [0.4, 0.5) is 4.39 Å². The third-order valence-corrected chi connectivity index (χ3v) is 3.31. The monoisotopic (exact) mass is 238 g/mol. The summed E-state index contributed by atoms with van der Waals surface area (Å²) >= 11 is 0. The first kappa shape index (κ1) is 12.3. The summed E-state index contributed by atoms with van der Waals surface area (Å²) in [6.07, 6.45) is 4.69. The molecule has 1 aromatic heterocycles. The number of halogens is 1. The highest BCUT2D eigenvalue weighted by Gasteiger charge is 2.23. The minimum atomic E-state index is -0.330. The maximum Gasteiger partial charge on any atom is 0.213 e. The number of hydrogen-bond donors (Lipinski definition) is 1. The number of ether oxygens (including phenoxy) is 1. The molecule has 4 heteroatoms. The Morgan fingerprint density at radius 3 is 3.12 bits per heavy atom. The third-order valence-electron chi connectivity index (χ3n) is 3.31. The number of aromatic nitrogens is 1. The normalized spacial score (nSPS) is 24.6. The molecule has 3 nitrogen and oxygen atoms in total. The molecular formula is C13H19FN2O. The van der Waals surface area contributed by atoms with Crippen LogP contribution in [0.15, 0.2) is 18.3 Å². The summed E-state index contributed by atoms with van der Waals surface area (Å²) in [4.78, 5) is 3.90. The molecule has 1 aliphatic rings. The van der Waals surface area contributed by atoms with Gasteiger partial charge < -0.3 is 10.1 Å². The second-order valence-electron chi connectivity index (χ2n) is 4.50. The van der Waals surface area contributed by atoms with Crippen molar-refractivity contribution in [3.63, 3.8) is 0 Å². The largest absolute Gasteiger partial charge is 0.477 e. The van der Waals surface area contributed by atoms with E-state index in [2.05, 4.69) is 17.2 Å². The number of rotatable bonds is 4. The van der Waals surface area contributed by atoms with E-state index >= 15 is 0 Å². The Hall–Kier alpha value is -1.16. The van der Waals surface area contributed by atoms with Crippen LogP contribution in [0, 0.1) is 11.7 Å². The fraction of sp³-hybridized carbons (Fsp3) is 0.615. The molecule has 1 aromatic rings. The molecule has 94 valence electrons. The summed E-state index contributed by atoms with van der Waals surface area (Å²) < 4.78 is 18.3. The van der Waals surface area contributed by atoms with Gasteiger partial charge in [0.25, 0.3) is 0 Å². The lowest BCUT2D eigenvalue weighted by Crippen LogP contribution is -2.43. The van der Waals surface area contributed by atoms with Gasteiger partial charge in [0.15, 0.2) is 0 Å². The highest BCUT2D eigenvalue weighted by atomic mass is 19.1. The summed E-state index contributed by atoms with van der Waals surface area (Å²) in [6, 6.07) is 3.48. The van der Waals surface area contributed by atoms with Crippen molar-refractivity contribution in [1.82, 2.24) is 10.3 Å². The van der Waals surface area contributed by atoms with Crippen molar-refractivity contribution in [2.45, 2.75) is 32.2 Å². The van der Waals surface area contributed by atoms with Gasteiger partial charge in [-0.15, -0.1) is 0 Å². The van der Waals surface area contributed by atoms with Gasteiger partial charge in [0, 0.05) is 18.0 Å². The first-order valence-electron chi connectivity index (χ1n) is 6.27. The predicted octanol–water partition coefficient (Wildman–Crippen LogP) is 2.38. The number of nitrogens with one attached hydrogen (secondary N) is 1. The molecule has 1 saturated heterocycles. The van der Waals surface area contributed by atoms with Crippen LogP contribution in [0.2, 0.25) is 0 Å². The standard InChI is InChI=1S/C13H19FN2O/c1-2-12-10(4-3-7-15-12)9-17-13-6-5-11(14)8-16-13/h5-6,8,10,12,15H,2-4,7,9H2,1H3. The molecule has 0 amide bonds. The summed E-state index contributed by atoms with van der Waals surface area (Å²) in [7, 11) is 0. The van der Waals surface area contributed by atoms with Crippen molar-refractivity contribution < 1.29 is 9.13 Å². The van der Waals surface area contributed by atoms with Crippen LogP contribution in [0.25, 0.3) is 0 Å². The van der Waals surface area contributed by atoms with Crippen LogP contribution in [0.3, 0.4) is 0 Å². The molecule has 2 unspecified atom stereocenters. The van der Waals surface area contributed by atoms with Gasteiger partial charge in [0.05, 0.1) is 12.8 Å². The highest BCUT2D eigenvalue weighted by molar-refractivity contribution is 5.10. The molecule has 0 saturated carbocycles.